The van der Waals surface area contributed by atoms with Gasteiger partial charge in [0.05, 0.1) is 21.2 Å². The average Bonchev–Trinajstić information content (AvgIpc) is 3.32. The fourth-order valence-electron chi connectivity index (χ4n) is 8.15. The first-order chi connectivity index (χ1) is 16.9. The highest BCUT2D eigenvalue weighted by Crippen LogP contribution is 2.71. The van der Waals surface area contributed by atoms with Gasteiger partial charge in [0.25, 0.3) is 5.91 Å². The maximum atomic E-state index is 13.8. The van der Waals surface area contributed by atoms with Gasteiger partial charge in [-0.3, -0.25) is 14.9 Å². The third-order valence-corrected chi connectivity index (χ3v) is 12.0. The van der Waals surface area contributed by atoms with Crippen LogP contribution in [0.25, 0.3) is 10.2 Å². The summed E-state index contributed by atoms with van der Waals surface area (Å²) < 4.78 is 0.960. The summed E-state index contributed by atoms with van der Waals surface area (Å²) in [6.07, 6.45) is 6.33. The summed E-state index contributed by atoms with van der Waals surface area (Å²) in [5.41, 5.74) is -1.48. The SMILES string of the molecule is C[C@@H]1CC2C3CCC4=CC(=O)C=CC4(C)[C@@]3(Cl)[C@@H](O)CC2(C)[C@@]1(O)C(=O)Nc1nc2ccccc2s1. The number of aliphatic hydroxyl groups excluding tert-OH is 1. The van der Waals surface area contributed by atoms with Crippen molar-refractivity contribution in [1.29, 1.82) is 0 Å². The molecule has 0 aliphatic heterocycles. The molecule has 6 nitrogen and oxygen atoms in total. The molecule has 4 aliphatic rings. The van der Waals surface area contributed by atoms with Gasteiger partial charge in [-0.25, -0.2) is 4.98 Å². The van der Waals surface area contributed by atoms with E-state index in [0.29, 0.717) is 24.4 Å². The lowest BCUT2D eigenvalue weighted by Gasteiger charge is -2.63. The van der Waals surface area contributed by atoms with E-state index < -0.39 is 33.3 Å². The molecule has 4 aliphatic carbocycles. The van der Waals surface area contributed by atoms with Crippen molar-refractivity contribution in [1.82, 2.24) is 4.98 Å². The van der Waals surface area contributed by atoms with E-state index in [1.807, 2.05) is 51.1 Å². The monoisotopic (exact) mass is 526 g/mol. The predicted molar refractivity (Wildman–Crippen MR) is 141 cm³/mol. The Morgan fingerprint density at radius 1 is 1.25 bits per heavy atom. The molecular weight excluding hydrogens is 496 g/mol. The van der Waals surface area contributed by atoms with E-state index in [4.69, 9.17) is 11.6 Å². The molecular formula is C28H31ClN2O4S. The molecule has 2 aromatic rings. The van der Waals surface area contributed by atoms with Gasteiger partial charge in [0, 0.05) is 10.8 Å². The average molecular weight is 527 g/mol. The number of hydrogen-bond donors (Lipinski definition) is 3. The van der Waals surface area contributed by atoms with E-state index in [1.54, 1.807) is 12.2 Å². The van der Waals surface area contributed by atoms with Crippen LogP contribution in [-0.2, 0) is 9.59 Å². The molecule has 3 fully saturated rings. The number of rotatable bonds is 2. The normalized spacial score (nSPS) is 43.5. The molecule has 3 saturated carbocycles. The van der Waals surface area contributed by atoms with Gasteiger partial charge in [-0.1, -0.05) is 55.9 Å². The standard InChI is InChI=1S/C28H31ClN2O4S/c1-15-12-19-18-9-8-16-13-17(32)10-11-25(16,2)27(18,29)22(33)14-26(19,3)28(15,35)23(34)31-24-30-20-6-4-5-7-21(20)36-24/h4-7,10-11,13,15,18-19,22,33,35H,8-9,12,14H2,1-3H3,(H,30,31,34)/t15-,18?,19?,22+,25?,26?,27+,28+/m1/s1. The number of nitrogens with zero attached hydrogens (tertiary/aromatic N) is 1. The number of hydrogen-bond acceptors (Lipinski definition) is 6. The van der Waals surface area contributed by atoms with Gasteiger partial charge in [-0.15, -0.1) is 11.6 Å². The summed E-state index contributed by atoms with van der Waals surface area (Å²) in [6.45, 7) is 5.86. The third kappa shape index (κ3) is 2.89. The van der Waals surface area contributed by atoms with Crippen LogP contribution in [0, 0.1) is 28.6 Å². The van der Waals surface area contributed by atoms with Crippen molar-refractivity contribution >= 4 is 50.0 Å². The second-order valence-corrected chi connectivity index (χ2v) is 13.3. The lowest BCUT2D eigenvalue weighted by Crippen LogP contribution is -2.69. The Hall–Kier alpha value is -2.06. The summed E-state index contributed by atoms with van der Waals surface area (Å²) in [5.74, 6) is -1.05. The molecule has 6 rings (SSSR count). The lowest BCUT2D eigenvalue weighted by atomic mass is 9.45. The maximum absolute atomic E-state index is 13.8. The van der Waals surface area contributed by atoms with Crippen molar-refractivity contribution in [2.75, 3.05) is 5.32 Å². The van der Waals surface area contributed by atoms with Crippen LogP contribution in [0.15, 0.2) is 48.1 Å². The Balaban J connectivity index is 1.37. The Bertz CT molecular complexity index is 1320. The number of carbonyl (C=O) groups excluding carboxylic acids is 2. The highest BCUT2D eigenvalue weighted by molar-refractivity contribution is 7.22. The number of para-hydroxylation sites is 1. The minimum absolute atomic E-state index is 0.0493. The zero-order valence-electron chi connectivity index (χ0n) is 20.6. The van der Waals surface area contributed by atoms with E-state index in [-0.39, 0.29) is 30.0 Å². The van der Waals surface area contributed by atoms with Gasteiger partial charge in [-0.05, 0) is 67.7 Å². The molecule has 1 amide bonds. The number of anilines is 1. The van der Waals surface area contributed by atoms with Gasteiger partial charge >= 0.3 is 0 Å². The van der Waals surface area contributed by atoms with Crippen molar-refractivity contribution in [2.45, 2.75) is 63.0 Å². The molecule has 4 unspecified atom stereocenters. The second-order valence-electron chi connectivity index (χ2n) is 11.6. The predicted octanol–water partition coefficient (Wildman–Crippen LogP) is 4.85. The van der Waals surface area contributed by atoms with E-state index in [9.17, 15) is 19.8 Å². The van der Waals surface area contributed by atoms with Crippen LogP contribution in [0.2, 0.25) is 0 Å². The Morgan fingerprint density at radius 3 is 2.75 bits per heavy atom. The van der Waals surface area contributed by atoms with Crippen molar-refractivity contribution in [3.8, 4) is 0 Å². The quantitative estimate of drug-likeness (QED) is 0.486. The molecule has 1 heterocycles. The molecule has 36 heavy (non-hydrogen) atoms. The number of nitrogens with one attached hydrogen (secondary N) is 1. The van der Waals surface area contributed by atoms with E-state index in [2.05, 4.69) is 10.3 Å². The smallest absolute Gasteiger partial charge is 0.258 e. The van der Waals surface area contributed by atoms with Crippen molar-refractivity contribution in [3.63, 3.8) is 0 Å². The van der Waals surface area contributed by atoms with Gasteiger partial charge in [0.15, 0.2) is 16.5 Å². The lowest BCUT2D eigenvalue weighted by molar-refractivity contribution is -0.174. The number of benzene rings is 1. The number of halogens is 1. The largest absolute Gasteiger partial charge is 0.391 e. The number of aromatic nitrogens is 1. The molecule has 0 spiro atoms. The molecule has 8 heteroatoms. The number of amides is 1. The summed E-state index contributed by atoms with van der Waals surface area (Å²) in [5, 5.41) is 27.2. The van der Waals surface area contributed by atoms with Crippen LogP contribution in [-0.4, -0.2) is 43.5 Å². The second kappa shape index (κ2) is 7.73. The number of ketones is 1. The van der Waals surface area contributed by atoms with Crippen LogP contribution in [0.1, 0.15) is 46.5 Å². The van der Waals surface area contributed by atoms with E-state index in [1.165, 1.54) is 11.3 Å². The van der Waals surface area contributed by atoms with E-state index in [0.717, 1.165) is 15.8 Å². The molecule has 8 atom stereocenters. The minimum Gasteiger partial charge on any atom is -0.391 e. The molecule has 190 valence electrons. The minimum atomic E-state index is -1.69. The van der Waals surface area contributed by atoms with Gasteiger partial charge in [-0.2, -0.15) is 0 Å². The summed E-state index contributed by atoms with van der Waals surface area (Å²) in [7, 11) is 0. The van der Waals surface area contributed by atoms with Crippen molar-refractivity contribution in [2.24, 2.45) is 28.6 Å². The molecule has 0 saturated heterocycles. The summed E-state index contributed by atoms with van der Waals surface area (Å²) in [4.78, 5) is 29.4. The number of carbonyl (C=O) groups is 2. The van der Waals surface area contributed by atoms with Gasteiger partial charge in [0.1, 0.15) is 0 Å². The van der Waals surface area contributed by atoms with Gasteiger partial charge < -0.3 is 10.2 Å². The number of thiazole rings is 1. The van der Waals surface area contributed by atoms with Crippen LogP contribution in [0.3, 0.4) is 0 Å². The third-order valence-electron chi connectivity index (χ3n) is 10.1. The highest BCUT2D eigenvalue weighted by atomic mass is 35.5. The molecule has 1 aromatic carbocycles. The van der Waals surface area contributed by atoms with Crippen molar-refractivity contribution in [3.05, 3.63) is 48.1 Å². The van der Waals surface area contributed by atoms with Crippen LogP contribution in [0.5, 0.6) is 0 Å². The zero-order chi connectivity index (χ0) is 25.7. The Kier molecular flexibility index (Phi) is 5.21. The number of allylic oxidation sites excluding steroid dienone is 4. The molecule has 0 radical (unpaired) electrons. The van der Waals surface area contributed by atoms with Crippen LogP contribution in [0.4, 0.5) is 5.13 Å². The van der Waals surface area contributed by atoms with E-state index >= 15 is 0 Å². The number of alkyl halides is 1. The van der Waals surface area contributed by atoms with Crippen molar-refractivity contribution < 1.29 is 19.8 Å². The molecule has 1 aromatic heterocycles. The van der Waals surface area contributed by atoms with Crippen LogP contribution >= 0.6 is 22.9 Å². The summed E-state index contributed by atoms with van der Waals surface area (Å²) in [6, 6.07) is 7.66. The highest BCUT2D eigenvalue weighted by Gasteiger charge is 2.74. The first-order valence-corrected chi connectivity index (χ1v) is 13.8. The molecule has 0 bridgehead atoms. The Morgan fingerprint density at radius 2 is 2.00 bits per heavy atom. The fourth-order valence-corrected chi connectivity index (χ4v) is 9.53. The first kappa shape index (κ1) is 24.3. The van der Waals surface area contributed by atoms with Gasteiger partial charge in [0.2, 0.25) is 0 Å². The van der Waals surface area contributed by atoms with Crippen LogP contribution < -0.4 is 5.32 Å². The number of fused-ring (bicyclic) bond motifs is 6. The summed E-state index contributed by atoms with van der Waals surface area (Å²) >= 11 is 8.85. The Labute approximate surface area is 219 Å². The molecule has 3 N–H and O–H groups in total. The maximum Gasteiger partial charge on any atom is 0.258 e. The first-order valence-electron chi connectivity index (χ1n) is 12.7. The zero-order valence-corrected chi connectivity index (χ0v) is 22.2. The topological polar surface area (TPSA) is 99.5 Å². The number of aliphatic hydroxyl groups is 2. The fraction of sp³-hybridized carbons (Fsp3) is 0.536.